The Kier molecular flexibility index (Phi) is 6.01. The second kappa shape index (κ2) is 9.11. The summed E-state index contributed by atoms with van der Waals surface area (Å²) in [5.41, 5.74) is 4.23. The van der Waals surface area contributed by atoms with Crippen molar-refractivity contribution in [2.75, 3.05) is 11.4 Å². The fraction of sp³-hybridized carbons (Fsp3) is 0.192. The summed E-state index contributed by atoms with van der Waals surface area (Å²) in [6, 6.07) is 21.7. The van der Waals surface area contributed by atoms with E-state index in [1.165, 1.54) is 4.90 Å². The van der Waals surface area contributed by atoms with E-state index in [4.69, 9.17) is 28.5 Å². The molecule has 2 atom stereocenters. The third kappa shape index (κ3) is 4.26. The van der Waals surface area contributed by atoms with Gasteiger partial charge in [-0.2, -0.15) is 5.26 Å². The molecule has 5 rings (SSSR count). The van der Waals surface area contributed by atoms with Crippen molar-refractivity contribution < 1.29 is 9.59 Å². The van der Waals surface area contributed by atoms with E-state index >= 15 is 0 Å². The highest BCUT2D eigenvalue weighted by atomic mass is 35.5. The van der Waals surface area contributed by atoms with E-state index in [-0.39, 0.29) is 18.0 Å². The molecule has 2 heterocycles. The molecular weight excluding hydrogens is 471 g/mol. The highest BCUT2D eigenvalue weighted by Gasteiger charge is 2.51. The minimum atomic E-state index is -0.493. The van der Waals surface area contributed by atoms with Crippen LogP contribution < -0.4 is 10.2 Å². The molecule has 0 spiro atoms. The smallest absolute Gasteiger partial charge is 0.310 e. The van der Waals surface area contributed by atoms with E-state index in [2.05, 4.69) is 17.5 Å². The summed E-state index contributed by atoms with van der Waals surface area (Å²) in [6.07, 6.45) is 0.546. The lowest BCUT2D eigenvalue weighted by atomic mass is 10.0. The van der Waals surface area contributed by atoms with Gasteiger partial charge in [-0.25, -0.2) is 9.69 Å². The van der Waals surface area contributed by atoms with Crippen molar-refractivity contribution in [3.05, 3.63) is 87.9 Å². The van der Waals surface area contributed by atoms with E-state index in [0.29, 0.717) is 40.8 Å². The Labute approximate surface area is 207 Å². The lowest BCUT2D eigenvalue weighted by molar-refractivity contribution is -0.119. The molecule has 8 heteroatoms. The quantitative estimate of drug-likeness (QED) is 0.496. The van der Waals surface area contributed by atoms with Crippen LogP contribution >= 0.6 is 23.2 Å². The van der Waals surface area contributed by atoms with Crippen molar-refractivity contribution >= 4 is 40.8 Å². The van der Waals surface area contributed by atoms with Crippen LogP contribution in [0.5, 0.6) is 0 Å². The number of carbonyl (C=O) groups excluding carboxylic acids is 2. The summed E-state index contributed by atoms with van der Waals surface area (Å²) in [7, 11) is 0. The average Bonchev–Trinajstić information content (AvgIpc) is 3.36. The topological polar surface area (TPSA) is 76.4 Å². The molecule has 170 valence electrons. The molecular formula is C26H20Cl2N4O2. The van der Waals surface area contributed by atoms with Gasteiger partial charge in [-0.1, -0.05) is 53.5 Å². The number of rotatable bonds is 5. The van der Waals surface area contributed by atoms with Crippen molar-refractivity contribution in [2.24, 2.45) is 0 Å². The lowest BCUT2D eigenvalue weighted by Crippen LogP contribution is -2.38. The first kappa shape index (κ1) is 22.4. The highest BCUT2D eigenvalue weighted by molar-refractivity contribution is 6.35. The number of hydrogen-bond acceptors (Lipinski definition) is 4. The second-order valence-corrected chi connectivity index (χ2v) is 9.33. The Hall–Kier alpha value is -3.37. The molecule has 2 fully saturated rings. The van der Waals surface area contributed by atoms with Crippen molar-refractivity contribution in [3.8, 4) is 17.2 Å². The molecule has 3 aromatic rings. The van der Waals surface area contributed by atoms with Gasteiger partial charge in [0.15, 0.2) is 0 Å². The Morgan fingerprint density at radius 2 is 1.71 bits per heavy atom. The first-order valence-corrected chi connectivity index (χ1v) is 11.6. The molecule has 2 aliphatic rings. The second-order valence-electron chi connectivity index (χ2n) is 8.46. The van der Waals surface area contributed by atoms with Crippen LogP contribution in [-0.4, -0.2) is 35.5 Å². The Bertz CT molecular complexity index is 1270. The normalized spacial score (nSPS) is 19.4. The fourth-order valence-corrected chi connectivity index (χ4v) is 5.08. The molecule has 0 aliphatic carbocycles. The predicted molar refractivity (Wildman–Crippen MR) is 132 cm³/mol. The van der Waals surface area contributed by atoms with Gasteiger partial charge in [-0.3, -0.25) is 4.79 Å². The Morgan fingerprint density at radius 1 is 0.971 bits per heavy atom. The SMILES string of the molecule is N#Cc1ccc(-c2cccc(CN[C@@H]3C[C@H]4C(=O)N(c5cc(Cl)cc(Cl)c5)C(=O)N4C3)c2)cc1. The molecule has 34 heavy (non-hydrogen) atoms. The molecule has 1 N–H and O–H groups in total. The number of nitrogens with one attached hydrogen (secondary N) is 1. The highest BCUT2D eigenvalue weighted by Crippen LogP contribution is 2.34. The van der Waals surface area contributed by atoms with Crippen LogP contribution in [0.3, 0.4) is 0 Å². The molecule has 0 bridgehead atoms. The summed E-state index contributed by atoms with van der Waals surface area (Å²) >= 11 is 12.1. The Morgan fingerprint density at radius 3 is 2.38 bits per heavy atom. The molecule has 6 nitrogen and oxygen atoms in total. The van der Waals surface area contributed by atoms with Gasteiger partial charge in [0, 0.05) is 29.2 Å². The largest absolute Gasteiger partial charge is 0.332 e. The van der Waals surface area contributed by atoms with Crippen molar-refractivity contribution in [2.45, 2.75) is 25.0 Å². The summed E-state index contributed by atoms with van der Waals surface area (Å²) in [5, 5.41) is 13.2. The fourth-order valence-electron chi connectivity index (χ4n) is 4.57. The molecule has 0 aromatic heterocycles. The van der Waals surface area contributed by atoms with Crippen LogP contribution in [0.15, 0.2) is 66.7 Å². The van der Waals surface area contributed by atoms with E-state index in [0.717, 1.165) is 16.7 Å². The molecule has 2 aliphatic heterocycles. The average molecular weight is 491 g/mol. The molecule has 3 amide bonds. The zero-order valence-corrected chi connectivity index (χ0v) is 19.6. The van der Waals surface area contributed by atoms with Gasteiger partial charge in [-0.05, 0) is 59.5 Å². The minimum absolute atomic E-state index is 0.0153. The summed E-state index contributed by atoms with van der Waals surface area (Å²) in [4.78, 5) is 28.8. The van der Waals surface area contributed by atoms with E-state index in [9.17, 15) is 9.59 Å². The van der Waals surface area contributed by atoms with Crippen LogP contribution in [0.4, 0.5) is 10.5 Å². The van der Waals surface area contributed by atoms with Crippen LogP contribution in [-0.2, 0) is 11.3 Å². The van der Waals surface area contributed by atoms with Crippen molar-refractivity contribution in [3.63, 3.8) is 0 Å². The number of nitriles is 1. The van der Waals surface area contributed by atoms with E-state index < -0.39 is 6.04 Å². The number of amides is 3. The summed E-state index contributed by atoms with van der Waals surface area (Å²) in [6.45, 7) is 1.07. The maximum absolute atomic E-state index is 13.0. The lowest BCUT2D eigenvalue weighted by Gasteiger charge is -2.19. The van der Waals surface area contributed by atoms with Gasteiger partial charge in [0.05, 0.1) is 17.3 Å². The standard InChI is InChI=1S/C26H20Cl2N4O2/c27-20-9-21(28)11-23(10-20)32-25(33)24-12-22(15-31(24)26(32)34)30-14-17-2-1-3-19(8-17)18-6-4-16(13-29)5-7-18/h1-11,22,24,30H,12,14-15H2/t22-,24+/m1/s1. The first-order valence-electron chi connectivity index (χ1n) is 10.9. The number of anilines is 1. The predicted octanol–water partition coefficient (Wildman–Crippen LogP) is 5.23. The number of halogens is 2. The van der Waals surface area contributed by atoms with Crippen LogP contribution in [0.25, 0.3) is 11.1 Å². The first-order chi connectivity index (χ1) is 16.4. The third-order valence-corrected chi connectivity index (χ3v) is 6.65. The molecule has 0 radical (unpaired) electrons. The van der Waals surface area contributed by atoms with Gasteiger partial charge in [0.25, 0.3) is 5.91 Å². The third-order valence-electron chi connectivity index (χ3n) is 6.22. The summed E-state index contributed by atoms with van der Waals surface area (Å²) in [5.74, 6) is -0.254. The number of carbonyl (C=O) groups is 2. The van der Waals surface area contributed by atoms with Gasteiger partial charge < -0.3 is 10.2 Å². The summed E-state index contributed by atoms with van der Waals surface area (Å²) < 4.78 is 0. The number of fused-ring (bicyclic) bond motifs is 1. The van der Waals surface area contributed by atoms with E-state index in [1.54, 1.807) is 35.2 Å². The number of urea groups is 1. The van der Waals surface area contributed by atoms with Gasteiger partial charge in [0.1, 0.15) is 6.04 Å². The van der Waals surface area contributed by atoms with Gasteiger partial charge >= 0.3 is 6.03 Å². The molecule has 3 aromatic carbocycles. The number of hydrogen-bond donors (Lipinski definition) is 1. The maximum atomic E-state index is 13.0. The number of benzene rings is 3. The minimum Gasteiger partial charge on any atom is -0.310 e. The zero-order valence-electron chi connectivity index (χ0n) is 18.0. The number of imide groups is 1. The maximum Gasteiger partial charge on any atom is 0.332 e. The molecule has 0 saturated carbocycles. The number of nitrogens with zero attached hydrogens (tertiary/aromatic N) is 3. The van der Waals surface area contributed by atoms with Crippen molar-refractivity contribution in [1.82, 2.24) is 10.2 Å². The van der Waals surface area contributed by atoms with Crippen LogP contribution in [0.1, 0.15) is 17.5 Å². The monoisotopic (exact) mass is 490 g/mol. The Balaban J connectivity index is 1.24. The molecule has 2 saturated heterocycles. The van der Waals surface area contributed by atoms with Crippen LogP contribution in [0.2, 0.25) is 10.0 Å². The van der Waals surface area contributed by atoms with Crippen molar-refractivity contribution in [1.29, 1.82) is 5.26 Å². The zero-order chi connectivity index (χ0) is 23.8. The van der Waals surface area contributed by atoms with E-state index in [1.807, 2.05) is 30.3 Å². The van der Waals surface area contributed by atoms with Crippen LogP contribution in [0, 0.1) is 11.3 Å². The van der Waals surface area contributed by atoms with Gasteiger partial charge in [-0.15, -0.1) is 0 Å². The molecule has 0 unspecified atom stereocenters. The van der Waals surface area contributed by atoms with Gasteiger partial charge in [0.2, 0.25) is 0 Å².